The van der Waals surface area contributed by atoms with Crippen LogP contribution in [0.25, 0.3) is 0 Å². The summed E-state index contributed by atoms with van der Waals surface area (Å²) in [5.41, 5.74) is 6.32. The lowest BCUT2D eigenvalue weighted by Crippen LogP contribution is -2.37. The van der Waals surface area contributed by atoms with Crippen LogP contribution >= 0.6 is 24.0 Å². The Balaban J connectivity index is 0.00000484. The smallest absolute Gasteiger partial charge is 0.229 e. The van der Waals surface area contributed by atoms with Gasteiger partial charge in [-0.15, -0.1) is 24.0 Å². The Hall–Kier alpha value is -1.23. The number of guanidine groups is 1. The highest BCUT2D eigenvalue weighted by molar-refractivity contribution is 14.0. The van der Waals surface area contributed by atoms with Crippen LogP contribution in [0.2, 0.25) is 0 Å². The highest BCUT2D eigenvalue weighted by Crippen LogP contribution is 2.17. The maximum atomic E-state index is 11.2. The molecule has 7 nitrogen and oxygen atoms in total. The first kappa shape index (κ1) is 21.8. The van der Waals surface area contributed by atoms with E-state index >= 15 is 0 Å². The van der Waals surface area contributed by atoms with Crippen molar-refractivity contribution in [3.05, 3.63) is 24.3 Å². The molecule has 0 aromatic heterocycles. The van der Waals surface area contributed by atoms with E-state index in [4.69, 9.17) is 10.5 Å². The molecule has 9 heteroatoms. The third kappa shape index (κ3) is 8.84. The van der Waals surface area contributed by atoms with Crippen LogP contribution in [-0.4, -0.2) is 51.8 Å². The van der Waals surface area contributed by atoms with Crippen LogP contribution in [0.1, 0.15) is 13.8 Å². The minimum atomic E-state index is -3.30. The van der Waals surface area contributed by atoms with Crippen LogP contribution in [0, 0.1) is 0 Å². The zero-order chi connectivity index (χ0) is 16.6. The van der Waals surface area contributed by atoms with Gasteiger partial charge in [-0.3, -0.25) is 4.72 Å². The molecule has 1 aromatic carbocycles. The predicted molar refractivity (Wildman–Crippen MR) is 105 cm³/mol. The minimum absolute atomic E-state index is 0. The molecule has 3 N–H and O–H groups in total. The highest BCUT2D eigenvalue weighted by Gasteiger charge is 2.04. The molecule has 1 aromatic rings. The Morgan fingerprint density at radius 3 is 2.57 bits per heavy atom. The molecule has 0 aliphatic carbocycles. The molecule has 1 rings (SSSR count). The third-order valence-corrected chi connectivity index (χ3v) is 3.47. The summed E-state index contributed by atoms with van der Waals surface area (Å²) in [5.74, 6) is 1.08. The molecule has 0 spiro atoms. The van der Waals surface area contributed by atoms with Gasteiger partial charge < -0.3 is 15.4 Å². The lowest BCUT2D eigenvalue weighted by molar-refractivity contribution is 0.327. The fraction of sp³-hybridized carbons (Fsp3) is 0.500. The Bertz CT molecular complexity index is 604. The van der Waals surface area contributed by atoms with Crippen LogP contribution in [0.3, 0.4) is 0 Å². The third-order valence-electron chi connectivity index (χ3n) is 2.86. The normalized spacial score (nSPS) is 11.5. The van der Waals surface area contributed by atoms with Gasteiger partial charge in [0.05, 0.1) is 18.5 Å². The summed E-state index contributed by atoms with van der Waals surface area (Å²) in [6.45, 7) is 6.46. The summed E-state index contributed by atoms with van der Waals surface area (Å²) >= 11 is 0. The summed E-state index contributed by atoms with van der Waals surface area (Å²) < 4.78 is 30.3. The van der Waals surface area contributed by atoms with Crippen molar-refractivity contribution in [1.29, 1.82) is 0 Å². The van der Waals surface area contributed by atoms with E-state index in [1.807, 2.05) is 18.7 Å². The number of rotatable bonds is 8. The molecule has 0 amide bonds. The molecule has 0 aliphatic heterocycles. The number of ether oxygens (including phenoxy) is 1. The summed E-state index contributed by atoms with van der Waals surface area (Å²) in [6, 6.07) is 6.75. The lowest BCUT2D eigenvalue weighted by atomic mass is 10.3. The van der Waals surface area contributed by atoms with Crippen molar-refractivity contribution in [1.82, 2.24) is 4.90 Å². The Kier molecular flexibility index (Phi) is 9.96. The molecule has 132 valence electrons. The van der Waals surface area contributed by atoms with Crippen molar-refractivity contribution < 1.29 is 13.2 Å². The van der Waals surface area contributed by atoms with Crippen molar-refractivity contribution in [3.63, 3.8) is 0 Å². The molecule has 0 saturated heterocycles. The van der Waals surface area contributed by atoms with Gasteiger partial charge in [0.2, 0.25) is 10.0 Å². The maximum absolute atomic E-state index is 11.2. The largest absolute Gasteiger partial charge is 0.492 e. The molecule has 0 unspecified atom stereocenters. The second kappa shape index (κ2) is 10.5. The van der Waals surface area contributed by atoms with Crippen LogP contribution in [0.4, 0.5) is 5.69 Å². The van der Waals surface area contributed by atoms with E-state index in [0.29, 0.717) is 30.5 Å². The number of benzene rings is 1. The van der Waals surface area contributed by atoms with Crippen molar-refractivity contribution in [2.24, 2.45) is 10.7 Å². The molecular weight excluding hydrogens is 431 g/mol. The number of aliphatic imine (C=N–C) groups is 1. The van der Waals surface area contributed by atoms with E-state index in [1.165, 1.54) is 0 Å². The number of anilines is 1. The number of nitrogens with zero attached hydrogens (tertiary/aromatic N) is 2. The van der Waals surface area contributed by atoms with Crippen LogP contribution < -0.4 is 15.2 Å². The van der Waals surface area contributed by atoms with Gasteiger partial charge in [-0.25, -0.2) is 13.4 Å². The summed E-state index contributed by atoms with van der Waals surface area (Å²) in [7, 11) is -3.30. The SMILES string of the molecule is CCN(CC)C(N)=NCCOc1cccc(NS(C)(=O)=O)c1.I. The predicted octanol–water partition coefficient (Wildman–Crippen LogP) is 1.71. The van der Waals surface area contributed by atoms with Crippen LogP contribution in [-0.2, 0) is 10.0 Å². The molecule has 0 atom stereocenters. The Morgan fingerprint density at radius 1 is 1.35 bits per heavy atom. The standard InChI is InChI=1S/C14H24N4O3S.HI/c1-4-18(5-2)14(15)16-9-10-21-13-8-6-7-12(11-13)17-22(3,19)20;/h6-8,11,17H,4-5,9-10H2,1-3H3,(H2,15,16);1H. The average Bonchev–Trinajstić information content (AvgIpc) is 2.43. The number of hydrogen-bond acceptors (Lipinski definition) is 4. The summed E-state index contributed by atoms with van der Waals surface area (Å²) in [4.78, 5) is 6.20. The Morgan fingerprint density at radius 2 is 2.00 bits per heavy atom. The van der Waals surface area contributed by atoms with Gasteiger partial charge in [0.1, 0.15) is 12.4 Å². The van der Waals surface area contributed by atoms with Crippen molar-refractivity contribution in [3.8, 4) is 5.75 Å². The van der Waals surface area contributed by atoms with E-state index in [1.54, 1.807) is 24.3 Å². The maximum Gasteiger partial charge on any atom is 0.229 e. The first-order valence-electron chi connectivity index (χ1n) is 7.11. The van der Waals surface area contributed by atoms with E-state index in [-0.39, 0.29) is 24.0 Å². The van der Waals surface area contributed by atoms with Gasteiger partial charge >= 0.3 is 0 Å². The van der Waals surface area contributed by atoms with E-state index in [9.17, 15) is 8.42 Å². The summed E-state index contributed by atoms with van der Waals surface area (Å²) in [5, 5.41) is 0. The quantitative estimate of drug-likeness (QED) is 0.269. The zero-order valence-corrected chi connectivity index (χ0v) is 16.8. The van der Waals surface area contributed by atoms with Crippen molar-refractivity contribution in [2.45, 2.75) is 13.8 Å². The van der Waals surface area contributed by atoms with Gasteiger partial charge in [-0.2, -0.15) is 0 Å². The van der Waals surface area contributed by atoms with Crippen molar-refractivity contribution in [2.75, 3.05) is 37.2 Å². The minimum Gasteiger partial charge on any atom is -0.492 e. The zero-order valence-electron chi connectivity index (χ0n) is 13.7. The van der Waals surface area contributed by atoms with Gasteiger partial charge in [0.25, 0.3) is 0 Å². The molecule has 0 fully saturated rings. The number of halogens is 1. The lowest BCUT2D eigenvalue weighted by Gasteiger charge is -2.19. The Labute approximate surface area is 155 Å². The van der Waals surface area contributed by atoms with E-state index < -0.39 is 10.0 Å². The molecule has 0 bridgehead atoms. The molecule has 0 heterocycles. The second-order valence-corrected chi connectivity index (χ2v) is 6.41. The van der Waals surface area contributed by atoms with Gasteiger partial charge in [0, 0.05) is 19.2 Å². The van der Waals surface area contributed by atoms with Crippen LogP contribution in [0.5, 0.6) is 5.75 Å². The van der Waals surface area contributed by atoms with Gasteiger partial charge in [-0.05, 0) is 26.0 Å². The molecule has 0 aliphatic rings. The topological polar surface area (TPSA) is 97.0 Å². The summed E-state index contributed by atoms with van der Waals surface area (Å²) in [6.07, 6.45) is 1.10. The highest BCUT2D eigenvalue weighted by atomic mass is 127. The first-order valence-corrected chi connectivity index (χ1v) is 9.00. The van der Waals surface area contributed by atoms with Gasteiger partial charge in [-0.1, -0.05) is 6.07 Å². The first-order chi connectivity index (χ1) is 10.4. The molecule has 0 radical (unpaired) electrons. The van der Waals surface area contributed by atoms with Crippen molar-refractivity contribution >= 4 is 45.6 Å². The second-order valence-electron chi connectivity index (χ2n) is 4.66. The molecular formula is C14H25IN4O3S. The fourth-order valence-electron chi connectivity index (χ4n) is 1.83. The monoisotopic (exact) mass is 456 g/mol. The number of nitrogens with one attached hydrogen (secondary N) is 1. The van der Waals surface area contributed by atoms with E-state index in [2.05, 4.69) is 9.71 Å². The average molecular weight is 456 g/mol. The molecule has 0 saturated carbocycles. The molecule has 23 heavy (non-hydrogen) atoms. The van der Waals surface area contributed by atoms with Crippen LogP contribution in [0.15, 0.2) is 29.3 Å². The number of sulfonamides is 1. The number of hydrogen-bond donors (Lipinski definition) is 2. The van der Waals surface area contributed by atoms with E-state index in [0.717, 1.165) is 19.3 Å². The van der Waals surface area contributed by atoms with Gasteiger partial charge in [0.15, 0.2) is 5.96 Å². The number of nitrogens with two attached hydrogens (primary N) is 1. The fourth-order valence-corrected chi connectivity index (χ4v) is 2.39.